The lowest BCUT2D eigenvalue weighted by molar-refractivity contribution is 0.280. The fraction of sp³-hybridized carbons (Fsp3) is 0.333. The highest BCUT2D eigenvalue weighted by atomic mass is 16.3. The van der Waals surface area contributed by atoms with Crippen LogP contribution in [0.15, 0.2) is 33.6 Å². The van der Waals surface area contributed by atoms with E-state index in [0.717, 1.165) is 0 Å². The molecular weight excluding hydrogens is 288 g/mol. The van der Waals surface area contributed by atoms with Gasteiger partial charge in [0.15, 0.2) is 17.4 Å². The molecular formula is C12H18N8O2. The number of pyridine rings is 1. The van der Waals surface area contributed by atoms with Crippen LogP contribution in [0.1, 0.15) is 0 Å². The van der Waals surface area contributed by atoms with Gasteiger partial charge in [-0.1, -0.05) is 0 Å². The first kappa shape index (κ1) is 15.7. The van der Waals surface area contributed by atoms with E-state index in [-0.39, 0.29) is 30.6 Å². The zero-order valence-corrected chi connectivity index (χ0v) is 11.8. The maximum Gasteiger partial charge on any atom is 0.177 e. The molecule has 7 N–H and O–H groups in total. The second kappa shape index (κ2) is 7.33. The van der Waals surface area contributed by atoms with Gasteiger partial charge >= 0.3 is 0 Å². The third kappa shape index (κ3) is 3.68. The first-order chi connectivity index (χ1) is 10.7. The SMILES string of the molecule is NC1=NN=C(N)C1=NNc1ccc(N(CCO)CCO)nc1. The van der Waals surface area contributed by atoms with Crippen LogP contribution in [0.5, 0.6) is 0 Å². The standard InChI is InChI=1S/C12H18N8O2/c13-11-10(12(14)19-18-11)17-16-8-1-2-9(15-7-8)20(3-5-21)4-6-22/h1-2,7,16,21-22H,3-6H2,(H4,13,14,17,18,19). The van der Waals surface area contributed by atoms with Crippen LogP contribution in [0.25, 0.3) is 0 Å². The van der Waals surface area contributed by atoms with Crippen molar-refractivity contribution in [3.63, 3.8) is 0 Å². The highest BCUT2D eigenvalue weighted by molar-refractivity contribution is 6.68. The van der Waals surface area contributed by atoms with E-state index in [9.17, 15) is 0 Å². The smallest absolute Gasteiger partial charge is 0.177 e. The Bertz CT molecular complexity index is 570. The number of rotatable bonds is 7. The van der Waals surface area contributed by atoms with Gasteiger partial charge in [-0.05, 0) is 12.1 Å². The van der Waals surface area contributed by atoms with Crippen LogP contribution in [0.4, 0.5) is 11.5 Å². The molecule has 2 rings (SSSR count). The third-order valence-corrected chi connectivity index (χ3v) is 2.86. The lowest BCUT2D eigenvalue weighted by Crippen LogP contribution is -2.32. The topological polar surface area (TPSA) is 158 Å². The molecule has 22 heavy (non-hydrogen) atoms. The molecule has 2 heterocycles. The molecule has 0 radical (unpaired) electrons. The Morgan fingerprint density at radius 2 is 1.73 bits per heavy atom. The molecule has 10 heteroatoms. The van der Waals surface area contributed by atoms with Gasteiger partial charge in [-0.3, -0.25) is 5.43 Å². The molecule has 0 aromatic carbocycles. The van der Waals surface area contributed by atoms with Crippen molar-refractivity contribution in [2.24, 2.45) is 26.8 Å². The van der Waals surface area contributed by atoms with Crippen molar-refractivity contribution in [1.82, 2.24) is 4.98 Å². The number of nitrogens with two attached hydrogens (primary N) is 2. The van der Waals surface area contributed by atoms with Gasteiger partial charge in [0.25, 0.3) is 0 Å². The number of nitrogens with zero attached hydrogens (tertiary/aromatic N) is 5. The number of anilines is 2. The van der Waals surface area contributed by atoms with Gasteiger partial charge < -0.3 is 26.6 Å². The van der Waals surface area contributed by atoms with Crippen molar-refractivity contribution in [3.8, 4) is 0 Å². The van der Waals surface area contributed by atoms with Gasteiger partial charge in [0.2, 0.25) is 0 Å². The molecule has 1 aromatic heterocycles. The predicted octanol–water partition coefficient (Wildman–Crippen LogP) is -1.72. The van der Waals surface area contributed by atoms with Gasteiger partial charge in [0.1, 0.15) is 5.82 Å². The fourth-order valence-electron chi connectivity index (χ4n) is 1.79. The van der Waals surface area contributed by atoms with E-state index in [2.05, 4.69) is 25.7 Å². The van der Waals surface area contributed by atoms with Crippen molar-refractivity contribution in [2.45, 2.75) is 0 Å². The average Bonchev–Trinajstić information content (AvgIpc) is 2.84. The Morgan fingerprint density at radius 1 is 1.09 bits per heavy atom. The maximum atomic E-state index is 9.01. The monoisotopic (exact) mass is 306 g/mol. The summed E-state index contributed by atoms with van der Waals surface area (Å²) in [6.45, 7) is 0.740. The molecule has 0 saturated heterocycles. The first-order valence-corrected chi connectivity index (χ1v) is 6.59. The Balaban J connectivity index is 2.04. The van der Waals surface area contributed by atoms with Crippen LogP contribution in [-0.2, 0) is 0 Å². The zero-order chi connectivity index (χ0) is 15.9. The molecule has 0 bridgehead atoms. The van der Waals surface area contributed by atoms with Gasteiger partial charge in [-0.15, -0.1) is 10.2 Å². The summed E-state index contributed by atoms with van der Waals surface area (Å²) in [5.41, 5.74) is 14.8. The molecule has 1 aliphatic heterocycles. The van der Waals surface area contributed by atoms with Gasteiger partial charge in [0, 0.05) is 13.1 Å². The lowest BCUT2D eigenvalue weighted by atomic mass is 10.3. The normalized spacial score (nSPS) is 13.6. The zero-order valence-electron chi connectivity index (χ0n) is 11.8. The van der Waals surface area contributed by atoms with Gasteiger partial charge in [0.05, 0.1) is 25.1 Å². The molecule has 0 spiro atoms. The molecule has 0 atom stereocenters. The van der Waals surface area contributed by atoms with E-state index in [0.29, 0.717) is 24.6 Å². The Hall–Kier alpha value is -2.72. The number of amidine groups is 2. The number of hydrazone groups is 1. The van der Waals surface area contributed by atoms with Crippen molar-refractivity contribution in [1.29, 1.82) is 0 Å². The summed E-state index contributed by atoms with van der Waals surface area (Å²) in [6.07, 6.45) is 1.57. The molecule has 1 aromatic rings. The molecule has 0 saturated carbocycles. The largest absolute Gasteiger partial charge is 0.395 e. The highest BCUT2D eigenvalue weighted by Gasteiger charge is 2.16. The number of hydrogen-bond acceptors (Lipinski definition) is 10. The summed E-state index contributed by atoms with van der Waals surface area (Å²) in [4.78, 5) is 6.01. The van der Waals surface area contributed by atoms with Crippen molar-refractivity contribution in [3.05, 3.63) is 18.3 Å². The van der Waals surface area contributed by atoms with E-state index in [1.54, 1.807) is 23.2 Å². The molecule has 0 fully saturated rings. The quantitative estimate of drug-likeness (QED) is 0.375. The summed E-state index contributed by atoms with van der Waals surface area (Å²) in [7, 11) is 0. The Labute approximate surface area is 126 Å². The fourth-order valence-corrected chi connectivity index (χ4v) is 1.79. The number of hydrogen-bond donors (Lipinski definition) is 5. The van der Waals surface area contributed by atoms with Crippen LogP contribution in [0.2, 0.25) is 0 Å². The van der Waals surface area contributed by atoms with E-state index in [1.807, 2.05) is 0 Å². The van der Waals surface area contributed by atoms with E-state index in [4.69, 9.17) is 21.7 Å². The number of aliphatic hydroxyl groups is 2. The van der Waals surface area contributed by atoms with E-state index >= 15 is 0 Å². The van der Waals surface area contributed by atoms with Crippen LogP contribution in [-0.4, -0.2) is 58.9 Å². The van der Waals surface area contributed by atoms with Crippen molar-refractivity contribution < 1.29 is 10.2 Å². The third-order valence-electron chi connectivity index (χ3n) is 2.86. The van der Waals surface area contributed by atoms with Crippen LogP contribution >= 0.6 is 0 Å². The minimum absolute atomic E-state index is 0.0213. The van der Waals surface area contributed by atoms with Crippen LogP contribution in [0, 0.1) is 0 Å². The number of aliphatic hydroxyl groups excluding tert-OH is 2. The van der Waals surface area contributed by atoms with Crippen molar-refractivity contribution in [2.75, 3.05) is 36.6 Å². The molecule has 1 aliphatic rings. The average molecular weight is 306 g/mol. The lowest BCUT2D eigenvalue weighted by Gasteiger charge is -2.21. The molecule has 0 unspecified atom stereocenters. The molecule has 0 aliphatic carbocycles. The first-order valence-electron chi connectivity index (χ1n) is 6.59. The molecule has 118 valence electrons. The van der Waals surface area contributed by atoms with E-state index < -0.39 is 0 Å². The maximum absolute atomic E-state index is 9.01. The number of aromatic nitrogens is 1. The van der Waals surface area contributed by atoms with Crippen molar-refractivity contribution >= 4 is 28.9 Å². The summed E-state index contributed by atoms with van der Waals surface area (Å²) in [5.74, 6) is 0.933. The molecule has 0 amide bonds. The second-order valence-electron chi connectivity index (χ2n) is 4.38. The summed E-state index contributed by atoms with van der Waals surface area (Å²) >= 11 is 0. The van der Waals surface area contributed by atoms with E-state index in [1.165, 1.54) is 0 Å². The summed E-state index contributed by atoms with van der Waals surface area (Å²) < 4.78 is 0. The number of nitrogens with one attached hydrogen (secondary N) is 1. The summed E-state index contributed by atoms with van der Waals surface area (Å²) in [6, 6.07) is 3.50. The second-order valence-corrected chi connectivity index (χ2v) is 4.38. The highest BCUT2D eigenvalue weighted by Crippen LogP contribution is 2.14. The Kier molecular flexibility index (Phi) is 5.22. The van der Waals surface area contributed by atoms with Crippen LogP contribution in [0.3, 0.4) is 0 Å². The summed E-state index contributed by atoms with van der Waals surface area (Å²) in [5, 5.41) is 29.3. The van der Waals surface area contributed by atoms with Crippen LogP contribution < -0.4 is 21.8 Å². The van der Waals surface area contributed by atoms with Gasteiger partial charge in [-0.2, -0.15) is 5.10 Å². The molecule has 10 nitrogen and oxygen atoms in total. The minimum Gasteiger partial charge on any atom is -0.395 e. The Morgan fingerprint density at radius 3 is 2.23 bits per heavy atom. The van der Waals surface area contributed by atoms with Gasteiger partial charge in [-0.25, -0.2) is 4.98 Å². The minimum atomic E-state index is -0.0213. The predicted molar refractivity (Wildman–Crippen MR) is 84.9 cm³/mol.